The Kier molecular flexibility index (Phi) is 5.44. The summed E-state index contributed by atoms with van der Waals surface area (Å²) in [5.41, 5.74) is 3.20. The van der Waals surface area contributed by atoms with Crippen LogP contribution in [0.5, 0.6) is 0 Å². The van der Waals surface area contributed by atoms with Gasteiger partial charge < -0.3 is 5.11 Å². The molecule has 0 spiro atoms. The normalized spacial score (nSPS) is 12.0. The highest BCUT2D eigenvalue weighted by Crippen LogP contribution is 1.95. The predicted octanol–water partition coefficient (Wildman–Crippen LogP) is 1.97. The summed E-state index contributed by atoms with van der Waals surface area (Å²) in [5.74, 6) is 2.98. The van der Waals surface area contributed by atoms with Gasteiger partial charge in [-0.2, -0.15) is 0 Å². The van der Waals surface area contributed by atoms with E-state index in [1.165, 1.54) is 0 Å². The second-order valence-corrected chi connectivity index (χ2v) is 8.24. The molecule has 0 aromatic heterocycles. The fourth-order valence-electron chi connectivity index (χ4n) is 0.501. The highest BCUT2D eigenvalue weighted by Gasteiger charge is 2.06. The van der Waals surface area contributed by atoms with Gasteiger partial charge in [-0.25, -0.2) is 0 Å². The molecular weight excluding hydrogens is 164 g/mol. The maximum Gasteiger partial charge on any atom is 0.129 e. The molecule has 0 aliphatic heterocycles. The maximum atomic E-state index is 8.40. The van der Waals surface area contributed by atoms with Crippen LogP contribution in [0, 0.1) is 11.5 Å². The third kappa shape index (κ3) is 9.22. The van der Waals surface area contributed by atoms with Crippen molar-refractivity contribution in [1.29, 1.82) is 0 Å². The Labute approximate surface area is 75.8 Å². The van der Waals surface area contributed by atoms with Gasteiger partial charge in [0.2, 0.25) is 0 Å². The second-order valence-electron chi connectivity index (χ2n) is 3.49. The number of hydrogen-bond donors (Lipinski definition) is 1. The summed E-state index contributed by atoms with van der Waals surface area (Å²) in [4.78, 5) is 0. The zero-order valence-corrected chi connectivity index (χ0v) is 8.96. The average molecular weight is 180 g/mol. The first-order valence-corrected chi connectivity index (χ1v) is 7.51. The predicted molar refractivity (Wildman–Crippen MR) is 56.5 cm³/mol. The highest BCUT2D eigenvalue weighted by atomic mass is 28.3. The van der Waals surface area contributed by atoms with Crippen molar-refractivity contribution in [2.75, 3.05) is 6.61 Å². The summed E-state index contributed by atoms with van der Waals surface area (Å²) >= 11 is 0. The lowest BCUT2D eigenvalue weighted by molar-refractivity contribution is 0.343. The Morgan fingerprint density at radius 3 is 2.42 bits per heavy atom. The van der Waals surface area contributed by atoms with Crippen LogP contribution in [0.25, 0.3) is 0 Å². The first kappa shape index (κ1) is 11.2. The zero-order valence-electron chi connectivity index (χ0n) is 7.96. The van der Waals surface area contributed by atoms with E-state index < -0.39 is 8.07 Å². The fraction of sp³-hybridized carbons (Fsp3) is 0.400. The third-order valence-electron chi connectivity index (χ3n) is 0.979. The number of aliphatic hydroxyl groups excluding tert-OH is 1. The molecule has 2 heteroatoms. The topological polar surface area (TPSA) is 20.2 Å². The Hall–Kier alpha value is -0.783. The molecule has 0 unspecified atom stereocenters. The number of rotatable bonds is 2. The van der Waals surface area contributed by atoms with Crippen molar-refractivity contribution in [3.8, 4) is 11.5 Å². The molecular formula is C10H16OSi. The van der Waals surface area contributed by atoms with Gasteiger partial charge in [0.25, 0.3) is 0 Å². The van der Waals surface area contributed by atoms with Crippen molar-refractivity contribution in [3.63, 3.8) is 0 Å². The quantitative estimate of drug-likeness (QED) is 0.391. The van der Waals surface area contributed by atoms with E-state index in [-0.39, 0.29) is 6.61 Å². The van der Waals surface area contributed by atoms with Crippen LogP contribution in [0.1, 0.15) is 0 Å². The Morgan fingerprint density at radius 1 is 1.25 bits per heavy atom. The van der Waals surface area contributed by atoms with E-state index in [1.54, 1.807) is 12.2 Å². The van der Waals surface area contributed by atoms with Crippen molar-refractivity contribution < 1.29 is 5.11 Å². The number of hydrogen-bond acceptors (Lipinski definition) is 1. The molecule has 1 nitrogen and oxygen atoms in total. The summed E-state index contributed by atoms with van der Waals surface area (Å²) in [7, 11) is -1.21. The Bertz CT molecular complexity index is 222. The first-order valence-electron chi connectivity index (χ1n) is 4.01. The standard InChI is InChI=1S/C10H16OSi/c1-12(2,3)10-8-6-4-5-7-9-11/h4-7,11H,9H2,1-3H3/b6-4-,7-5+. The largest absolute Gasteiger partial charge is 0.392 e. The SMILES string of the molecule is C[Si](C)(C)C#C/C=C\C=C\CO. The molecule has 0 aromatic rings. The molecule has 0 rings (SSSR count). The molecule has 1 N–H and O–H groups in total. The van der Waals surface area contributed by atoms with E-state index in [9.17, 15) is 0 Å². The summed E-state index contributed by atoms with van der Waals surface area (Å²) in [6, 6.07) is 0. The first-order chi connectivity index (χ1) is 5.56. The molecule has 0 aliphatic rings. The van der Waals surface area contributed by atoms with Crippen molar-refractivity contribution in [2.45, 2.75) is 19.6 Å². The highest BCUT2D eigenvalue weighted by molar-refractivity contribution is 6.83. The van der Waals surface area contributed by atoms with E-state index in [1.807, 2.05) is 12.2 Å². The fourth-order valence-corrected chi connectivity index (χ4v) is 1.02. The smallest absolute Gasteiger partial charge is 0.129 e. The lowest BCUT2D eigenvalue weighted by Gasteiger charge is -2.01. The summed E-state index contributed by atoms with van der Waals surface area (Å²) in [6.07, 6.45) is 7.11. The van der Waals surface area contributed by atoms with Crippen molar-refractivity contribution in [3.05, 3.63) is 24.3 Å². The van der Waals surface area contributed by atoms with Gasteiger partial charge in [-0.3, -0.25) is 0 Å². The van der Waals surface area contributed by atoms with Crippen LogP contribution in [0.4, 0.5) is 0 Å². The van der Waals surface area contributed by atoms with E-state index in [2.05, 4.69) is 31.1 Å². The molecule has 0 fully saturated rings. The molecule has 0 atom stereocenters. The maximum absolute atomic E-state index is 8.40. The molecule has 0 bridgehead atoms. The number of allylic oxidation sites excluding steroid dienone is 3. The van der Waals surface area contributed by atoms with E-state index in [0.29, 0.717) is 0 Å². The van der Waals surface area contributed by atoms with Gasteiger partial charge in [0, 0.05) is 0 Å². The molecule has 12 heavy (non-hydrogen) atoms. The van der Waals surface area contributed by atoms with E-state index in [4.69, 9.17) is 5.11 Å². The lowest BCUT2D eigenvalue weighted by atomic mass is 10.4. The van der Waals surface area contributed by atoms with Gasteiger partial charge >= 0.3 is 0 Å². The minimum atomic E-state index is -1.21. The van der Waals surface area contributed by atoms with Crippen molar-refractivity contribution in [1.82, 2.24) is 0 Å². The summed E-state index contributed by atoms with van der Waals surface area (Å²) < 4.78 is 0. The summed E-state index contributed by atoms with van der Waals surface area (Å²) in [6.45, 7) is 6.71. The van der Waals surface area contributed by atoms with Crippen LogP contribution in [0.3, 0.4) is 0 Å². The minimum Gasteiger partial charge on any atom is -0.392 e. The van der Waals surface area contributed by atoms with Crippen LogP contribution < -0.4 is 0 Å². The molecule has 0 saturated carbocycles. The van der Waals surface area contributed by atoms with Gasteiger partial charge in [-0.15, -0.1) is 5.54 Å². The van der Waals surface area contributed by atoms with Crippen molar-refractivity contribution in [2.24, 2.45) is 0 Å². The summed E-state index contributed by atoms with van der Waals surface area (Å²) in [5, 5.41) is 8.40. The molecule has 0 aliphatic carbocycles. The lowest BCUT2D eigenvalue weighted by Crippen LogP contribution is -2.16. The second kappa shape index (κ2) is 5.82. The molecule has 0 aromatic carbocycles. The zero-order chi connectivity index (χ0) is 9.45. The molecule has 66 valence electrons. The van der Waals surface area contributed by atoms with Gasteiger partial charge in [0.15, 0.2) is 0 Å². The number of aliphatic hydroxyl groups is 1. The molecule has 0 saturated heterocycles. The van der Waals surface area contributed by atoms with Crippen molar-refractivity contribution >= 4 is 8.07 Å². The minimum absolute atomic E-state index is 0.0891. The van der Waals surface area contributed by atoms with Crippen LogP contribution in [0.2, 0.25) is 19.6 Å². The molecule has 0 radical (unpaired) electrons. The van der Waals surface area contributed by atoms with Gasteiger partial charge in [-0.05, 0) is 6.08 Å². The van der Waals surface area contributed by atoms with Crippen LogP contribution in [-0.4, -0.2) is 19.8 Å². The molecule has 0 amide bonds. The van der Waals surface area contributed by atoms with E-state index in [0.717, 1.165) is 0 Å². The van der Waals surface area contributed by atoms with Gasteiger partial charge in [0.05, 0.1) is 6.61 Å². The van der Waals surface area contributed by atoms with E-state index >= 15 is 0 Å². The monoisotopic (exact) mass is 180 g/mol. The average Bonchev–Trinajstić information content (AvgIpc) is 1.94. The van der Waals surface area contributed by atoms with Crippen LogP contribution in [0.15, 0.2) is 24.3 Å². The molecule has 0 heterocycles. The Balaban J connectivity index is 3.86. The van der Waals surface area contributed by atoms with Crippen LogP contribution >= 0.6 is 0 Å². The Morgan fingerprint density at radius 2 is 1.92 bits per heavy atom. The third-order valence-corrected chi connectivity index (χ3v) is 1.87. The van der Waals surface area contributed by atoms with Crippen LogP contribution in [-0.2, 0) is 0 Å². The van der Waals surface area contributed by atoms with Gasteiger partial charge in [-0.1, -0.05) is 43.8 Å². The van der Waals surface area contributed by atoms with Gasteiger partial charge in [0.1, 0.15) is 8.07 Å².